The van der Waals surface area contributed by atoms with E-state index >= 15 is 0 Å². The van der Waals surface area contributed by atoms with Crippen LogP contribution in [0.1, 0.15) is 5.82 Å². The third-order valence-electron chi connectivity index (χ3n) is 2.37. The lowest BCUT2D eigenvalue weighted by Crippen LogP contribution is -1.97. The molecule has 0 saturated carbocycles. The van der Waals surface area contributed by atoms with E-state index in [2.05, 4.69) is 20.3 Å². The lowest BCUT2D eigenvalue weighted by Gasteiger charge is -1.99. The van der Waals surface area contributed by atoms with Gasteiger partial charge in [0, 0.05) is 5.56 Å². The summed E-state index contributed by atoms with van der Waals surface area (Å²) in [6.07, 6.45) is 1.72. The fraction of sp³-hybridized carbons (Fsp3) is 0.0909. The largest absolute Gasteiger partial charge is 0.272 e. The van der Waals surface area contributed by atoms with E-state index in [1.807, 2.05) is 37.3 Å². The zero-order valence-electron chi connectivity index (χ0n) is 8.70. The predicted molar refractivity (Wildman–Crippen MR) is 58.8 cm³/mol. The number of rotatable bonds is 1. The molecular formula is C11H9N5. The molecule has 0 N–H and O–H groups in total. The summed E-state index contributed by atoms with van der Waals surface area (Å²) in [5.41, 5.74) is 1.83. The molecule has 3 rings (SSSR count). The van der Waals surface area contributed by atoms with Crippen LogP contribution < -0.4 is 0 Å². The highest BCUT2D eigenvalue weighted by atomic mass is 15.4. The molecule has 0 atom stereocenters. The zero-order chi connectivity index (χ0) is 11.0. The molecule has 0 saturated heterocycles. The molecule has 2 aromatic heterocycles. The summed E-state index contributed by atoms with van der Waals surface area (Å²) < 4.78 is 1.62. The third kappa shape index (κ3) is 1.33. The molecule has 0 bridgehead atoms. The van der Waals surface area contributed by atoms with Crippen LogP contribution in [0.2, 0.25) is 0 Å². The van der Waals surface area contributed by atoms with Crippen molar-refractivity contribution in [2.75, 3.05) is 0 Å². The molecule has 78 valence electrons. The van der Waals surface area contributed by atoms with E-state index < -0.39 is 0 Å². The number of aromatic nitrogens is 5. The van der Waals surface area contributed by atoms with Crippen molar-refractivity contribution in [2.24, 2.45) is 0 Å². The van der Waals surface area contributed by atoms with Gasteiger partial charge in [0.25, 0.3) is 5.78 Å². The summed E-state index contributed by atoms with van der Waals surface area (Å²) >= 11 is 0. The van der Waals surface area contributed by atoms with Crippen molar-refractivity contribution in [1.29, 1.82) is 0 Å². The van der Waals surface area contributed by atoms with Crippen molar-refractivity contribution in [1.82, 2.24) is 24.8 Å². The van der Waals surface area contributed by atoms with Gasteiger partial charge in [0.05, 0.1) is 11.9 Å². The third-order valence-corrected chi connectivity index (χ3v) is 2.37. The molecule has 0 aliphatic rings. The first kappa shape index (κ1) is 8.96. The van der Waals surface area contributed by atoms with Crippen molar-refractivity contribution < 1.29 is 0 Å². The van der Waals surface area contributed by atoms with Gasteiger partial charge in [-0.3, -0.25) is 0 Å². The van der Waals surface area contributed by atoms with Gasteiger partial charge in [0.15, 0.2) is 5.82 Å². The molecule has 0 amide bonds. The van der Waals surface area contributed by atoms with E-state index in [0.29, 0.717) is 5.78 Å². The van der Waals surface area contributed by atoms with Crippen LogP contribution >= 0.6 is 0 Å². The Morgan fingerprint density at radius 3 is 2.69 bits per heavy atom. The summed E-state index contributed by atoms with van der Waals surface area (Å²) in [5.74, 6) is 1.26. The smallest absolute Gasteiger partial charge is 0.208 e. The van der Waals surface area contributed by atoms with Crippen LogP contribution in [0.15, 0.2) is 36.5 Å². The Labute approximate surface area is 91.8 Å². The fourth-order valence-corrected chi connectivity index (χ4v) is 1.55. The first-order chi connectivity index (χ1) is 7.84. The number of nitrogens with zero attached hydrogens (tertiary/aromatic N) is 5. The monoisotopic (exact) mass is 211 g/mol. The zero-order valence-corrected chi connectivity index (χ0v) is 8.70. The first-order valence-corrected chi connectivity index (χ1v) is 4.95. The van der Waals surface area contributed by atoms with Gasteiger partial charge in [-0.05, 0) is 6.92 Å². The summed E-state index contributed by atoms with van der Waals surface area (Å²) in [6, 6.07) is 9.89. The Balaban J connectivity index is 2.19. The SMILES string of the molecule is Cc1nnc2nc(-c3ccccc3)cnn12. The van der Waals surface area contributed by atoms with Crippen LogP contribution in [0.25, 0.3) is 17.0 Å². The van der Waals surface area contributed by atoms with Crippen LogP contribution in [-0.2, 0) is 0 Å². The maximum absolute atomic E-state index is 4.39. The molecule has 2 heterocycles. The average molecular weight is 211 g/mol. The van der Waals surface area contributed by atoms with Crippen molar-refractivity contribution in [2.45, 2.75) is 6.92 Å². The topological polar surface area (TPSA) is 56.0 Å². The minimum absolute atomic E-state index is 0.527. The molecule has 0 radical (unpaired) electrons. The second-order valence-corrected chi connectivity index (χ2v) is 3.47. The summed E-state index contributed by atoms with van der Waals surface area (Å²) in [4.78, 5) is 4.39. The van der Waals surface area contributed by atoms with Gasteiger partial charge < -0.3 is 0 Å². The van der Waals surface area contributed by atoms with Gasteiger partial charge in [-0.2, -0.15) is 9.61 Å². The van der Waals surface area contributed by atoms with Crippen LogP contribution in [0.4, 0.5) is 0 Å². The summed E-state index contributed by atoms with van der Waals surface area (Å²) in [7, 11) is 0. The quantitative estimate of drug-likeness (QED) is 0.612. The number of aryl methyl sites for hydroxylation is 1. The summed E-state index contributed by atoms with van der Waals surface area (Å²) in [6.45, 7) is 1.84. The first-order valence-electron chi connectivity index (χ1n) is 4.95. The second-order valence-electron chi connectivity index (χ2n) is 3.47. The second kappa shape index (κ2) is 3.37. The van der Waals surface area contributed by atoms with Crippen molar-refractivity contribution in [3.63, 3.8) is 0 Å². The average Bonchev–Trinajstić information content (AvgIpc) is 2.72. The normalized spacial score (nSPS) is 10.8. The lowest BCUT2D eigenvalue weighted by atomic mass is 10.2. The van der Waals surface area contributed by atoms with E-state index in [9.17, 15) is 0 Å². The Hall–Kier alpha value is -2.30. The maximum atomic E-state index is 4.39. The van der Waals surface area contributed by atoms with Gasteiger partial charge in [0.2, 0.25) is 0 Å². The van der Waals surface area contributed by atoms with Crippen molar-refractivity contribution in [3.05, 3.63) is 42.4 Å². The van der Waals surface area contributed by atoms with Crippen LogP contribution in [-0.4, -0.2) is 24.8 Å². The van der Waals surface area contributed by atoms with Gasteiger partial charge in [0.1, 0.15) is 0 Å². The Morgan fingerprint density at radius 1 is 1.06 bits per heavy atom. The Morgan fingerprint density at radius 2 is 1.88 bits per heavy atom. The fourth-order valence-electron chi connectivity index (χ4n) is 1.55. The highest BCUT2D eigenvalue weighted by molar-refractivity contribution is 5.59. The van der Waals surface area contributed by atoms with Crippen LogP contribution in [0, 0.1) is 6.92 Å². The Kier molecular flexibility index (Phi) is 1.89. The molecule has 5 nitrogen and oxygen atoms in total. The molecular weight excluding hydrogens is 202 g/mol. The van der Waals surface area contributed by atoms with Gasteiger partial charge in [-0.1, -0.05) is 30.3 Å². The molecule has 0 fully saturated rings. The highest BCUT2D eigenvalue weighted by Crippen LogP contribution is 2.15. The van der Waals surface area contributed by atoms with Gasteiger partial charge in [-0.15, -0.1) is 10.2 Å². The molecule has 0 unspecified atom stereocenters. The number of hydrogen-bond donors (Lipinski definition) is 0. The van der Waals surface area contributed by atoms with Crippen LogP contribution in [0.3, 0.4) is 0 Å². The lowest BCUT2D eigenvalue weighted by molar-refractivity contribution is 0.859. The molecule has 5 heteroatoms. The minimum atomic E-state index is 0.527. The molecule has 3 aromatic rings. The number of benzene rings is 1. The predicted octanol–water partition coefficient (Wildman–Crippen LogP) is 1.49. The molecule has 16 heavy (non-hydrogen) atoms. The molecule has 0 spiro atoms. The summed E-state index contributed by atoms with van der Waals surface area (Å²) in [5, 5.41) is 12.1. The van der Waals surface area contributed by atoms with Crippen LogP contribution in [0.5, 0.6) is 0 Å². The standard InChI is InChI=1S/C11H9N5/c1-8-14-15-11-13-10(7-12-16(8)11)9-5-3-2-4-6-9/h2-7H,1H3. The van der Waals surface area contributed by atoms with Gasteiger partial charge in [-0.25, -0.2) is 4.98 Å². The van der Waals surface area contributed by atoms with E-state index in [1.165, 1.54) is 0 Å². The maximum Gasteiger partial charge on any atom is 0.272 e. The van der Waals surface area contributed by atoms with E-state index in [1.54, 1.807) is 10.7 Å². The minimum Gasteiger partial charge on any atom is -0.208 e. The number of hydrogen-bond acceptors (Lipinski definition) is 4. The van der Waals surface area contributed by atoms with E-state index in [4.69, 9.17) is 0 Å². The Bertz CT molecular complexity index is 629. The van der Waals surface area contributed by atoms with E-state index in [-0.39, 0.29) is 0 Å². The number of fused-ring (bicyclic) bond motifs is 1. The van der Waals surface area contributed by atoms with Crippen molar-refractivity contribution in [3.8, 4) is 11.3 Å². The molecule has 0 aliphatic heterocycles. The molecule has 1 aromatic carbocycles. The highest BCUT2D eigenvalue weighted by Gasteiger charge is 2.05. The van der Waals surface area contributed by atoms with E-state index in [0.717, 1.165) is 17.1 Å². The van der Waals surface area contributed by atoms with Gasteiger partial charge >= 0.3 is 0 Å². The molecule has 0 aliphatic carbocycles. The van der Waals surface area contributed by atoms with Crippen molar-refractivity contribution >= 4 is 5.78 Å².